The Morgan fingerprint density at radius 2 is 2.20 bits per heavy atom. The molecule has 15 heavy (non-hydrogen) atoms. The first-order valence-corrected chi connectivity index (χ1v) is 5.06. The van der Waals surface area contributed by atoms with Gasteiger partial charge in [0.05, 0.1) is 0 Å². The van der Waals surface area contributed by atoms with Crippen LogP contribution < -0.4 is 0 Å². The second-order valence-electron chi connectivity index (χ2n) is 3.16. The quantitative estimate of drug-likeness (QED) is 0.873. The Hall–Kier alpha value is -1.30. The van der Waals surface area contributed by atoms with E-state index in [0.717, 1.165) is 4.47 Å². The van der Waals surface area contributed by atoms with Gasteiger partial charge in [-0.2, -0.15) is 0 Å². The van der Waals surface area contributed by atoms with Crippen molar-refractivity contribution in [3.8, 4) is 0 Å². The third-order valence-corrected chi connectivity index (χ3v) is 2.59. The molecule has 1 unspecified atom stereocenters. The lowest BCUT2D eigenvalue weighted by atomic mass is 10.2. The summed E-state index contributed by atoms with van der Waals surface area (Å²) in [5.41, 5.74) is 0.359. The van der Waals surface area contributed by atoms with Gasteiger partial charge in [-0.15, -0.1) is 0 Å². The summed E-state index contributed by atoms with van der Waals surface area (Å²) in [5.74, 6) is -1.38. The van der Waals surface area contributed by atoms with Crippen LogP contribution in [-0.2, 0) is 4.79 Å². The van der Waals surface area contributed by atoms with Gasteiger partial charge in [0.1, 0.15) is 11.7 Å². The zero-order valence-electron chi connectivity index (χ0n) is 8.32. The van der Waals surface area contributed by atoms with E-state index in [4.69, 9.17) is 5.11 Å². The van der Waals surface area contributed by atoms with Gasteiger partial charge in [0.15, 0.2) is 0 Å². The number of aliphatic carboxylic acids is 1. The van der Waals surface area contributed by atoms with E-state index in [1.165, 1.54) is 18.9 Å². The van der Waals surface area contributed by atoms with Crippen molar-refractivity contribution in [1.29, 1.82) is 0 Å². The van der Waals surface area contributed by atoms with Gasteiger partial charge < -0.3 is 15.0 Å². The molecule has 0 saturated heterocycles. The van der Waals surface area contributed by atoms with Crippen LogP contribution in [0.3, 0.4) is 0 Å². The van der Waals surface area contributed by atoms with Crippen LogP contribution in [-0.4, -0.2) is 40.0 Å². The Morgan fingerprint density at radius 1 is 1.60 bits per heavy atom. The zero-order chi connectivity index (χ0) is 11.6. The fourth-order valence-electron chi connectivity index (χ4n) is 1.02. The SMILES string of the molecule is CC(C(=O)O)N(C)C(=O)c1cc(Br)c[nH]1. The molecule has 0 aliphatic rings. The second kappa shape index (κ2) is 4.48. The standard InChI is InChI=1S/C9H11BrN2O3/c1-5(9(14)15)12(2)8(13)7-3-6(10)4-11-7/h3-5,11H,1-2H3,(H,14,15). The van der Waals surface area contributed by atoms with Gasteiger partial charge in [0.2, 0.25) is 0 Å². The van der Waals surface area contributed by atoms with Crippen molar-refractivity contribution in [2.45, 2.75) is 13.0 Å². The Balaban J connectivity index is 2.81. The molecule has 0 aromatic carbocycles. The molecule has 1 amide bonds. The molecule has 6 heteroatoms. The van der Waals surface area contributed by atoms with Crippen molar-refractivity contribution in [2.24, 2.45) is 0 Å². The molecule has 0 aliphatic carbocycles. The monoisotopic (exact) mass is 274 g/mol. The fourth-order valence-corrected chi connectivity index (χ4v) is 1.37. The van der Waals surface area contributed by atoms with Crippen molar-refractivity contribution in [3.63, 3.8) is 0 Å². The Labute approximate surface area is 95.2 Å². The van der Waals surface area contributed by atoms with E-state index < -0.39 is 12.0 Å². The number of carboxylic acid groups (broad SMARTS) is 1. The number of likely N-dealkylation sites (N-methyl/N-ethyl adjacent to an activating group) is 1. The average molecular weight is 275 g/mol. The fraction of sp³-hybridized carbons (Fsp3) is 0.333. The first-order chi connectivity index (χ1) is 6.93. The topological polar surface area (TPSA) is 73.4 Å². The number of carbonyl (C=O) groups excluding carboxylic acids is 1. The van der Waals surface area contributed by atoms with Gasteiger partial charge >= 0.3 is 5.97 Å². The Bertz CT molecular complexity index is 388. The van der Waals surface area contributed by atoms with Crippen molar-refractivity contribution in [3.05, 3.63) is 22.4 Å². The van der Waals surface area contributed by atoms with E-state index in [-0.39, 0.29) is 5.91 Å². The average Bonchev–Trinajstić information content (AvgIpc) is 2.61. The third kappa shape index (κ3) is 2.59. The van der Waals surface area contributed by atoms with E-state index in [1.807, 2.05) is 0 Å². The lowest BCUT2D eigenvalue weighted by molar-refractivity contribution is -0.141. The van der Waals surface area contributed by atoms with Crippen LogP contribution in [0.15, 0.2) is 16.7 Å². The molecule has 0 fully saturated rings. The largest absolute Gasteiger partial charge is 0.480 e. The molecular weight excluding hydrogens is 264 g/mol. The summed E-state index contributed by atoms with van der Waals surface area (Å²) in [6, 6.07) is 0.757. The molecule has 5 nitrogen and oxygen atoms in total. The van der Waals surface area contributed by atoms with Crippen molar-refractivity contribution in [2.75, 3.05) is 7.05 Å². The van der Waals surface area contributed by atoms with Crippen LogP contribution in [0.25, 0.3) is 0 Å². The summed E-state index contributed by atoms with van der Waals surface area (Å²) in [5, 5.41) is 8.74. The van der Waals surface area contributed by atoms with Crippen molar-refractivity contribution in [1.82, 2.24) is 9.88 Å². The van der Waals surface area contributed by atoms with Crippen LogP contribution in [0.2, 0.25) is 0 Å². The van der Waals surface area contributed by atoms with Crippen molar-refractivity contribution >= 4 is 27.8 Å². The molecule has 0 spiro atoms. The van der Waals surface area contributed by atoms with Gasteiger partial charge in [-0.05, 0) is 28.9 Å². The van der Waals surface area contributed by atoms with Gasteiger partial charge in [-0.25, -0.2) is 4.79 Å². The van der Waals surface area contributed by atoms with Crippen LogP contribution >= 0.6 is 15.9 Å². The van der Waals surface area contributed by atoms with Crippen LogP contribution in [0.5, 0.6) is 0 Å². The number of hydrogen-bond acceptors (Lipinski definition) is 2. The van der Waals surface area contributed by atoms with Gasteiger partial charge in [-0.1, -0.05) is 0 Å². The number of nitrogens with one attached hydrogen (secondary N) is 1. The molecule has 82 valence electrons. The van der Waals surface area contributed by atoms with E-state index in [1.54, 1.807) is 12.3 Å². The molecular formula is C9H11BrN2O3. The summed E-state index contributed by atoms with van der Waals surface area (Å²) in [6.07, 6.45) is 1.62. The van der Waals surface area contributed by atoms with Crippen LogP contribution in [0.4, 0.5) is 0 Å². The highest BCUT2D eigenvalue weighted by molar-refractivity contribution is 9.10. The predicted molar refractivity (Wildman–Crippen MR) is 57.7 cm³/mol. The number of aromatic nitrogens is 1. The highest BCUT2D eigenvalue weighted by atomic mass is 79.9. The normalized spacial score (nSPS) is 12.2. The molecule has 0 aliphatic heterocycles. The number of nitrogens with zero attached hydrogens (tertiary/aromatic N) is 1. The third-order valence-electron chi connectivity index (χ3n) is 2.14. The number of carboxylic acids is 1. The maximum atomic E-state index is 11.7. The lowest BCUT2D eigenvalue weighted by Crippen LogP contribution is -2.40. The highest BCUT2D eigenvalue weighted by Crippen LogP contribution is 2.13. The van der Waals surface area contributed by atoms with Gasteiger partial charge in [-0.3, -0.25) is 4.79 Å². The van der Waals surface area contributed by atoms with Crippen molar-refractivity contribution < 1.29 is 14.7 Å². The molecule has 1 heterocycles. The number of halogens is 1. The smallest absolute Gasteiger partial charge is 0.326 e. The summed E-state index contributed by atoms with van der Waals surface area (Å²) in [4.78, 5) is 26.3. The number of carbonyl (C=O) groups is 2. The minimum atomic E-state index is -1.03. The minimum absolute atomic E-state index is 0.351. The Morgan fingerprint density at radius 3 is 2.60 bits per heavy atom. The van der Waals surface area contributed by atoms with Gasteiger partial charge in [0, 0.05) is 17.7 Å². The number of aromatic amines is 1. The first kappa shape index (κ1) is 11.8. The number of H-pyrrole nitrogens is 1. The van der Waals surface area contributed by atoms with E-state index in [2.05, 4.69) is 20.9 Å². The molecule has 1 aromatic rings. The summed E-state index contributed by atoms with van der Waals surface area (Å²) in [6.45, 7) is 1.46. The molecule has 0 radical (unpaired) electrons. The van der Waals surface area contributed by atoms with E-state index in [9.17, 15) is 9.59 Å². The van der Waals surface area contributed by atoms with E-state index in [0.29, 0.717) is 5.69 Å². The molecule has 0 saturated carbocycles. The summed E-state index contributed by atoms with van der Waals surface area (Å²) >= 11 is 3.20. The molecule has 1 aromatic heterocycles. The lowest BCUT2D eigenvalue weighted by Gasteiger charge is -2.20. The maximum Gasteiger partial charge on any atom is 0.326 e. The van der Waals surface area contributed by atoms with Crippen LogP contribution in [0.1, 0.15) is 17.4 Å². The minimum Gasteiger partial charge on any atom is -0.480 e. The summed E-state index contributed by atoms with van der Waals surface area (Å²) in [7, 11) is 1.45. The number of hydrogen-bond donors (Lipinski definition) is 2. The second-order valence-corrected chi connectivity index (χ2v) is 4.08. The summed E-state index contributed by atoms with van der Waals surface area (Å²) < 4.78 is 0.752. The molecule has 2 N–H and O–H groups in total. The Kier molecular flexibility index (Phi) is 3.52. The zero-order valence-corrected chi connectivity index (χ0v) is 9.91. The number of rotatable bonds is 3. The highest BCUT2D eigenvalue weighted by Gasteiger charge is 2.23. The molecule has 1 atom stereocenters. The molecule has 1 rings (SSSR count). The van der Waals surface area contributed by atoms with Gasteiger partial charge in [0.25, 0.3) is 5.91 Å². The maximum absolute atomic E-state index is 11.7. The number of amides is 1. The predicted octanol–water partition coefficient (Wildman–Crippen LogP) is 1.32. The van der Waals surface area contributed by atoms with Crippen LogP contribution in [0, 0.1) is 0 Å². The first-order valence-electron chi connectivity index (χ1n) is 4.27. The molecule has 0 bridgehead atoms. The van der Waals surface area contributed by atoms with E-state index >= 15 is 0 Å².